The van der Waals surface area contributed by atoms with Gasteiger partial charge in [0.05, 0.1) is 45.7 Å². The lowest BCUT2D eigenvalue weighted by Crippen LogP contribution is -2.48. The summed E-state index contributed by atoms with van der Waals surface area (Å²) in [6.07, 6.45) is 7.25. The number of pyridine rings is 1. The summed E-state index contributed by atoms with van der Waals surface area (Å²) in [6, 6.07) is 6.73. The van der Waals surface area contributed by atoms with Gasteiger partial charge in [0.15, 0.2) is 9.84 Å². The van der Waals surface area contributed by atoms with E-state index in [1.807, 2.05) is 13.0 Å². The highest BCUT2D eigenvalue weighted by molar-refractivity contribution is 7.91. The lowest BCUT2D eigenvalue weighted by Gasteiger charge is -2.38. The average molecular weight is 571 g/mol. The fourth-order valence-corrected chi connectivity index (χ4v) is 7.52. The Morgan fingerprint density at radius 2 is 1.82 bits per heavy atom. The molecule has 212 valence electrons. The van der Waals surface area contributed by atoms with Gasteiger partial charge in [0.2, 0.25) is 5.95 Å². The Labute approximate surface area is 231 Å². The van der Waals surface area contributed by atoms with Crippen LogP contribution >= 0.6 is 0 Å². The van der Waals surface area contributed by atoms with Crippen LogP contribution in [0.15, 0.2) is 48.9 Å². The van der Waals surface area contributed by atoms with E-state index in [2.05, 4.69) is 20.4 Å². The molecule has 5 rings (SSSR count). The summed E-state index contributed by atoms with van der Waals surface area (Å²) in [5.74, 6) is -1.52. The molecule has 4 N–H and O–H groups in total. The minimum Gasteiger partial charge on any atom is -0.386 e. The van der Waals surface area contributed by atoms with E-state index in [0.717, 1.165) is 17.7 Å². The summed E-state index contributed by atoms with van der Waals surface area (Å²) in [5, 5.41) is 17.3. The van der Waals surface area contributed by atoms with Crippen LogP contribution in [0, 0.1) is 17.6 Å². The number of halogens is 2. The number of sulfone groups is 1. The van der Waals surface area contributed by atoms with Crippen molar-refractivity contribution in [2.75, 3.05) is 11.6 Å². The van der Waals surface area contributed by atoms with Gasteiger partial charge in [0, 0.05) is 18.5 Å². The fourth-order valence-electron chi connectivity index (χ4n) is 5.82. The standard InChI is InChI=1S/C28H32F2N6O3S/c1-15-9-16(10-22(31)26(15)40(4,38)39)19-7-8-32-14-24(19)34-27-33-13-18-5-6-23(35-36(18)27)25-20(29)11-17(12-21(25)30)28(2,3)37/h5-8,11-16,22,26,37H,9-10,31H2,1-4H3,(H,33,34)/t15-,16+,22+,26+/m0/s1. The fraction of sp³-hybridized carbons (Fsp3) is 0.393. The first-order valence-corrected chi connectivity index (χ1v) is 14.9. The maximum absolute atomic E-state index is 15.0. The van der Waals surface area contributed by atoms with Crippen molar-refractivity contribution in [3.8, 4) is 11.3 Å². The highest BCUT2D eigenvalue weighted by Crippen LogP contribution is 2.41. The molecule has 0 aliphatic heterocycles. The molecule has 9 nitrogen and oxygen atoms in total. The van der Waals surface area contributed by atoms with Crippen LogP contribution in [-0.2, 0) is 15.4 Å². The predicted octanol–water partition coefficient (Wildman–Crippen LogP) is 4.29. The minimum absolute atomic E-state index is 0.0132. The molecule has 0 bridgehead atoms. The van der Waals surface area contributed by atoms with Crippen LogP contribution in [0.1, 0.15) is 50.7 Å². The lowest BCUT2D eigenvalue weighted by molar-refractivity contribution is 0.0779. The zero-order valence-corrected chi connectivity index (χ0v) is 23.5. The van der Waals surface area contributed by atoms with Crippen molar-refractivity contribution in [2.45, 2.75) is 56.4 Å². The predicted molar refractivity (Wildman–Crippen MR) is 149 cm³/mol. The van der Waals surface area contributed by atoms with E-state index in [1.165, 1.54) is 30.7 Å². The van der Waals surface area contributed by atoms with Gasteiger partial charge in [-0.15, -0.1) is 0 Å². The van der Waals surface area contributed by atoms with Crippen LogP contribution in [0.2, 0.25) is 0 Å². The quantitative estimate of drug-likeness (QED) is 0.312. The maximum atomic E-state index is 15.0. The minimum atomic E-state index is -3.29. The Morgan fingerprint density at radius 3 is 2.45 bits per heavy atom. The lowest BCUT2D eigenvalue weighted by atomic mass is 9.76. The Morgan fingerprint density at radius 1 is 1.12 bits per heavy atom. The summed E-state index contributed by atoms with van der Waals surface area (Å²) in [7, 11) is -3.29. The van der Waals surface area contributed by atoms with Crippen molar-refractivity contribution in [3.63, 3.8) is 0 Å². The molecule has 12 heteroatoms. The molecule has 0 amide bonds. The number of rotatable bonds is 6. The Hall–Kier alpha value is -3.48. The second kappa shape index (κ2) is 10.2. The molecule has 0 unspecified atom stereocenters. The number of nitrogens with two attached hydrogens (primary N) is 1. The highest BCUT2D eigenvalue weighted by atomic mass is 32.2. The number of fused-ring (bicyclic) bond motifs is 1. The number of nitrogens with zero attached hydrogens (tertiary/aromatic N) is 4. The van der Waals surface area contributed by atoms with Gasteiger partial charge < -0.3 is 16.2 Å². The SMILES string of the molecule is C[C@H]1C[C@@H](c2ccncc2Nc2ncc3ccc(-c4c(F)cc(C(C)(C)O)cc4F)nn23)C[C@@H](N)[C@@H]1S(C)(=O)=O. The van der Waals surface area contributed by atoms with Crippen molar-refractivity contribution in [1.82, 2.24) is 19.6 Å². The topological polar surface area (TPSA) is 136 Å². The van der Waals surface area contributed by atoms with Crippen molar-refractivity contribution >= 4 is 27.0 Å². The van der Waals surface area contributed by atoms with Gasteiger partial charge in [-0.05, 0) is 80.0 Å². The first kappa shape index (κ1) is 28.1. The van der Waals surface area contributed by atoms with Gasteiger partial charge in [-0.2, -0.15) is 9.61 Å². The van der Waals surface area contributed by atoms with Crippen molar-refractivity contribution in [1.29, 1.82) is 0 Å². The molecular weight excluding hydrogens is 538 g/mol. The van der Waals surface area contributed by atoms with Gasteiger partial charge in [0.25, 0.3) is 0 Å². The summed E-state index contributed by atoms with van der Waals surface area (Å²) >= 11 is 0. The number of imidazole rings is 1. The number of benzene rings is 1. The molecule has 0 spiro atoms. The number of aliphatic hydroxyl groups is 1. The second-order valence-corrected chi connectivity index (χ2v) is 13.4. The molecule has 1 aliphatic carbocycles. The van der Waals surface area contributed by atoms with Gasteiger partial charge in [-0.1, -0.05) is 6.92 Å². The first-order valence-electron chi connectivity index (χ1n) is 13.0. The number of hydrogen-bond donors (Lipinski definition) is 3. The summed E-state index contributed by atoms with van der Waals surface area (Å²) in [6.45, 7) is 4.81. The van der Waals surface area contributed by atoms with E-state index in [9.17, 15) is 13.5 Å². The summed E-state index contributed by atoms with van der Waals surface area (Å²) in [4.78, 5) is 8.66. The van der Waals surface area contributed by atoms with E-state index in [1.54, 1.807) is 24.7 Å². The van der Waals surface area contributed by atoms with Crippen molar-refractivity contribution < 1.29 is 22.3 Å². The maximum Gasteiger partial charge on any atom is 0.229 e. The normalized spacial score (nSPS) is 22.0. The molecule has 40 heavy (non-hydrogen) atoms. The molecule has 1 fully saturated rings. The average Bonchev–Trinajstić information content (AvgIpc) is 3.24. The number of aromatic nitrogens is 4. The molecule has 1 saturated carbocycles. The number of hydrogen-bond acceptors (Lipinski definition) is 8. The molecule has 0 saturated heterocycles. The van der Waals surface area contributed by atoms with Crippen LogP contribution in [0.3, 0.4) is 0 Å². The van der Waals surface area contributed by atoms with Gasteiger partial charge in [-0.25, -0.2) is 22.2 Å². The third kappa shape index (κ3) is 5.30. The van der Waals surface area contributed by atoms with Gasteiger partial charge in [-0.3, -0.25) is 4.98 Å². The number of nitrogens with one attached hydrogen (secondary N) is 1. The van der Waals surface area contributed by atoms with E-state index in [0.29, 0.717) is 30.0 Å². The van der Waals surface area contributed by atoms with Crippen LogP contribution < -0.4 is 11.1 Å². The third-order valence-electron chi connectivity index (χ3n) is 7.62. The van der Waals surface area contributed by atoms with E-state index < -0.39 is 38.4 Å². The van der Waals surface area contributed by atoms with E-state index >= 15 is 8.78 Å². The van der Waals surface area contributed by atoms with Crippen LogP contribution in [0.25, 0.3) is 16.8 Å². The van der Waals surface area contributed by atoms with Gasteiger partial charge >= 0.3 is 0 Å². The van der Waals surface area contributed by atoms with Crippen molar-refractivity contribution in [3.05, 3.63) is 71.7 Å². The van der Waals surface area contributed by atoms with Crippen LogP contribution in [-0.4, -0.2) is 50.7 Å². The summed E-state index contributed by atoms with van der Waals surface area (Å²) in [5.41, 5.74) is 6.95. The molecule has 3 heterocycles. The largest absolute Gasteiger partial charge is 0.386 e. The van der Waals surface area contributed by atoms with E-state index in [-0.39, 0.29) is 28.7 Å². The molecule has 1 aliphatic rings. The Balaban J connectivity index is 1.48. The number of anilines is 2. The van der Waals surface area contributed by atoms with Crippen LogP contribution in [0.5, 0.6) is 0 Å². The second-order valence-electron chi connectivity index (χ2n) is 11.2. The third-order valence-corrected chi connectivity index (χ3v) is 9.42. The zero-order chi connectivity index (χ0) is 29.0. The van der Waals surface area contributed by atoms with Crippen LogP contribution in [0.4, 0.5) is 20.4 Å². The molecular formula is C28H32F2N6O3S. The first-order chi connectivity index (χ1) is 18.7. The molecule has 4 atom stereocenters. The molecule has 3 aromatic heterocycles. The Kier molecular flexibility index (Phi) is 7.13. The van der Waals surface area contributed by atoms with Gasteiger partial charge in [0.1, 0.15) is 11.6 Å². The monoisotopic (exact) mass is 570 g/mol. The summed E-state index contributed by atoms with van der Waals surface area (Å²) < 4.78 is 56.1. The smallest absolute Gasteiger partial charge is 0.229 e. The molecule has 4 aromatic rings. The van der Waals surface area contributed by atoms with E-state index in [4.69, 9.17) is 5.73 Å². The van der Waals surface area contributed by atoms with Crippen molar-refractivity contribution in [2.24, 2.45) is 11.7 Å². The Bertz CT molecular complexity index is 1650. The zero-order valence-electron chi connectivity index (χ0n) is 22.6. The highest BCUT2D eigenvalue weighted by Gasteiger charge is 2.40. The molecule has 0 radical (unpaired) electrons. The molecule has 1 aromatic carbocycles.